The van der Waals surface area contributed by atoms with E-state index < -0.39 is 4.92 Å². The van der Waals surface area contributed by atoms with Gasteiger partial charge in [0, 0.05) is 12.6 Å². The lowest BCUT2D eigenvalue weighted by Gasteiger charge is -2.16. The molecule has 0 bridgehead atoms. The second-order valence-electron chi connectivity index (χ2n) is 5.63. The zero-order valence-corrected chi connectivity index (χ0v) is 13.4. The molecule has 1 atom stereocenters. The molecule has 0 aliphatic rings. The highest BCUT2D eigenvalue weighted by atomic mass is 16.6. The molecule has 0 saturated heterocycles. The zero-order valence-electron chi connectivity index (χ0n) is 13.4. The van der Waals surface area contributed by atoms with Crippen molar-refractivity contribution >= 4 is 17.5 Å². The first-order chi connectivity index (χ1) is 9.85. The summed E-state index contributed by atoms with van der Waals surface area (Å²) in [6, 6.07) is 0.120. The molecule has 0 aliphatic carbocycles. The van der Waals surface area contributed by atoms with Crippen molar-refractivity contribution in [2.45, 2.75) is 53.5 Å². The average molecular weight is 295 g/mol. The lowest BCUT2D eigenvalue weighted by molar-refractivity contribution is -0.385. The molecule has 0 radical (unpaired) electrons. The molecule has 0 spiro atoms. The predicted molar refractivity (Wildman–Crippen MR) is 84.7 cm³/mol. The van der Waals surface area contributed by atoms with E-state index in [1.165, 1.54) is 0 Å². The Morgan fingerprint density at radius 3 is 2.43 bits per heavy atom. The van der Waals surface area contributed by atoms with E-state index in [1.54, 1.807) is 6.92 Å². The summed E-state index contributed by atoms with van der Waals surface area (Å²) in [7, 11) is 0. The maximum Gasteiger partial charge on any atom is 0.332 e. The lowest BCUT2D eigenvalue weighted by Crippen LogP contribution is -2.19. The molecule has 0 fully saturated rings. The number of anilines is 2. The maximum atomic E-state index is 11.2. The van der Waals surface area contributed by atoms with E-state index in [1.807, 2.05) is 13.8 Å². The summed E-state index contributed by atoms with van der Waals surface area (Å²) in [4.78, 5) is 19.2. The van der Waals surface area contributed by atoms with Gasteiger partial charge >= 0.3 is 5.69 Å². The number of nitrogens with zero attached hydrogens (tertiary/aromatic N) is 3. The molecule has 1 rings (SSSR count). The second kappa shape index (κ2) is 7.75. The molecule has 0 saturated carbocycles. The van der Waals surface area contributed by atoms with E-state index in [4.69, 9.17) is 0 Å². The van der Waals surface area contributed by atoms with Crippen LogP contribution in [0.25, 0.3) is 0 Å². The number of nitro groups is 1. The van der Waals surface area contributed by atoms with Crippen LogP contribution >= 0.6 is 0 Å². The van der Waals surface area contributed by atoms with Crippen LogP contribution in [0.1, 0.15) is 46.2 Å². The van der Waals surface area contributed by atoms with Gasteiger partial charge in [-0.15, -0.1) is 0 Å². The number of nitrogens with one attached hydrogen (secondary N) is 2. The van der Waals surface area contributed by atoms with E-state index in [-0.39, 0.29) is 11.7 Å². The van der Waals surface area contributed by atoms with Gasteiger partial charge in [-0.1, -0.05) is 13.8 Å². The Morgan fingerprint density at radius 2 is 1.90 bits per heavy atom. The Labute approximate surface area is 125 Å². The summed E-state index contributed by atoms with van der Waals surface area (Å²) in [5, 5.41) is 17.4. The van der Waals surface area contributed by atoms with E-state index >= 15 is 0 Å². The third-order valence-corrected chi connectivity index (χ3v) is 3.14. The Bertz CT molecular complexity index is 490. The van der Waals surface area contributed by atoms with Crippen molar-refractivity contribution in [2.24, 2.45) is 5.92 Å². The van der Waals surface area contributed by atoms with Crippen LogP contribution in [-0.2, 0) is 0 Å². The van der Waals surface area contributed by atoms with Crippen molar-refractivity contribution in [3.05, 3.63) is 15.8 Å². The molecule has 0 aliphatic heterocycles. The fraction of sp³-hybridized carbons (Fsp3) is 0.714. The summed E-state index contributed by atoms with van der Waals surface area (Å²) in [6.07, 6.45) is 2.00. The summed E-state index contributed by atoms with van der Waals surface area (Å²) < 4.78 is 0. The molecule has 7 heteroatoms. The number of rotatable bonds is 8. The van der Waals surface area contributed by atoms with E-state index in [0.717, 1.165) is 12.8 Å². The molecule has 1 heterocycles. The Hall–Kier alpha value is -1.92. The van der Waals surface area contributed by atoms with Crippen LogP contribution in [-0.4, -0.2) is 27.5 Å². The molecule has 21 heavy (non-hydrogen) atoms. The van der Waals surface area contributed by atoms with Gasteiger partial charge < -0.3 is 10.6 Å². The van der Waals surface area contributed by atoms with Crippen LogP contribution in [0.4, 0.5) is 17.5 Å². The standard InChI is InChI=1S/C14H25N5O2/c1-6-15-14-17-11(5)12(19(20)21)13(18-14)16-10(4)8-7-9(2)3/h9-10H,6-8H2,1-5H3,(H2,15,16,17,18). The SMILES string of the molecule is CCNc1nc(C)c([N+](=O)[O-])c(NC(C)CCC(C)C)n1. The van der Waals surface area contributed by atoms with Gasteiger partial charge in [0.25, 0.3) is 0 Å². The maximum absolute atomic E-state index is 11.2. The topological polar surface area (TPSA) is 93.0 Å². The molecule has 2 N–H and O–H groups in total. The minimum atomic E-state index is -0.428. The summed E-state index contributed by atoms with van der Waals surface area (Å²) >= 11 is 0. The van der Waals surface area contributed by atoms with Gasteiger partial charge in [0.1, 0.15) is 5.69 Å². The van der Waals surface area contributed by atoms with Crippen LogP contribution in [0.3, 0.4) is 0 Å². The first-order valence-electron chi connectivity index (χ1n) is 7.38. The highest BCUT2D eigenvalue weighted by Gasteiger charge is 2.23. The largest absolute Gasteiger partial charge is 0.362 e. The fourth-order valence-corrected chi connectivity index (χ4v) is 2.01. The van der Waals surface area contributed by atoms with Gasteiger partial charge in [0.05, 0.1) is 4.92 Å². The smallest absolute Gasteiger partial charge is 0.332 e. The minimum absolute atomic E-state index is 0.0481. The van der Waals surface area contributed by atoms with E-state index in [0.29, 0.717) is 29.9 Å². The predicted octanol–water partition coefficient (Wildman–Crippen LogP) is 3.36. The normalized spacial score (nSPS) is 12.3. The van der Waals surface area contributed by atoms with Crippen LogP contribution in [0.2, 0.25) is 0 Å². The first-order valence-corrected chi connectivity index (χ1v) is 7.38. The molecule has 0 aromatic carbocycles. The number of aryl methyl sites for hydroxylation is 1. The Kier molecular flexibility index (Phi) is 6.33. The molecule has 1 unspecified atom stereocenters. The lowest BCUT2D eigenvalue weighted by atomic mass is 10.0. The third kappa shape index (κ3) is 5.17. The van der Waals surface area contributed by atoms with Crippen molar-refractivity contribution in [1.29, 1.82) is 0 Å². The molecule has 1 aromatic heterocycles. The van der Waals surface area contributed by atoms with Gasteiger partial charge in [0.15, 0.2) is 0 Å². The average Bonchev–Trinajstić information content (AvgIpc) is 2.35. The summed E-state index contributed by atoms with van der Waals surface area (Å²) in [5.41, 5.74) is 0.317. The Balaban J connectivity index is 2.98. The Morgan fingerprint density at radius 1 is 1.24 bits per heavy atom. The summed E-state index contributed by atoms with van der Waals surface area (Å²) in [5.74, 6) is 1.31. The van der Waals surface area contributed by atoms with Crippen molar-refractivity contribution < 1.29 is 4.92 Å². The van der Waals surface area contributed by atoms with Crippen molar-refractivity contribution in [3.8, 4) is 0 Å². The monoisotopic (exact) mass is 295 g/mol. The second-order valence-corrected chi connectivity index (χ2v) is 5.63. The van der Waals surface area contributed by atoms with Crippen LogP contribution in [0.15, 0.2) is 0 Å². The molecule has 7 nitrogen and oxygen atoms in total. The van der Waals surface area contributed by atoms with Crippen molar-refractivity contribution in [1.82, 2.24) is 9.97 Å². The van der Waals surface area contributed by atoms with E-state index in [2.05, 4.69) is 34.4 Å². The highest BCUT2D eigenvalue weighted by Crippen LogP contribution is 2.27. The summed E-state index contributed by atoms with van der Waals surface area (Å²) in [6.45, 7) is 10.6. The van der Waals surface area contributed by atoms with Crippen LogP contribution in [0.5, 0.6) is 0 Å². The molecule has 0 amide bonds. The van der Waals surface area contributed by atoms with Gasteiger partial charge in [-0.25, -0.2) is 4.98 Å². The van der Waals surface area contributed by atoms with Gasteiger partial charge in [0.2, 0.25) is 11.8 Å². The highest BCUT2D eigenvalue weighted by molar-refractivity contribution is 5.61. The van der Waals surface area contributed by atoms with Crippen LogP contribution in [0, 0.1) is 23.0 Å². The number of aromatic nitrogens is 2. The molecular weight excluding hydrogens is 270 g/mol. The zero-order chi connectivity index (χ0) is 16.0. The minimum Gasteiger partial charge on any atom is -0.362 e. The van der Waals surface area contributed by atoms with Gasteiger partial charge in [-0.05, 0) is 39.5 Å². The molecule has 118 valence electrons. The third-order valence-electron chi connectivity index (χ3n) is 3.14. The van der Waals surface area contributed by atoms with Gasteiger partial charge in [-0.2, -0.15) is 4.98 Å². The first kappa shape index (κ1) is 17.1. The number of hydrogen-bond acceptors (Lipinski definition) is 6. The van der Waals surface area contributed by atoms with Crippen molar-refractivity contribution in [2.75, 3.05) is 17.2 Å². The molecular formula is C14H25N5O2. The quantitative estimate of drug-likeness (QED) is 0.564. The number of hydrogen-bond donors (Lipinski definition) is 2. The van der Waals surface area contributed by atoms with Crippen LogP contribution < -0.4 is 10.6 Å². The fourth-order valence-electron chi connectivity index (χ4n) is 2.01. The molecule has 1 aromatic rings. The van der Waals surface area contributed by atoms with Gasteiger partial charge in [-0.3, -0.25) is 10.1 Å². The van der Waals surface area contributed by atoms with E-state index in [9.17, 15) is 10.1 Å². The van der Waals surface area contributed by atoms with Crippen molar-refractivity contribution in [3.63, 3.8) is 0 Å².